The van der Waals surface area contributed by atoms with Crippen LogP contribution in [0.15, 0.2) is 18.2 Å². The van der Waals surface area contributed by atoms with Crippen LogP contribution in [0.25, 0.3) is 0 Å². The van der Waals surface area contributed by atoms with Gasteiger partial charge in [-0.1, -0.05) is 26.2 Å². The third kappa shape index (κ3) is 3.63. The maximum Gasteiger partial charge on any atom is 0.416 e. The Hall–Kier alpha value is -1.39. The SMILES string of the molecule is CCC1CCCC(C(=O)c2cc(C(F)(F)F)ccc2F)C1. The van der Waals surface area contributed by atoms with Crippen LogP contribution in [0, 0.1) is 17.7 Å². The number of rotatable bonds is 3. The Morgan fingerprint density at radius 3 is 2.62 bits per heavy atom. The van der Waals surface area contributed by atoms with Gasteiger partial charge in [0.25, 0.3) is 0 Å². The number of hydrogen-bond donors (Lipinski definition) is 0. The van der Waals surface area contributed by atoms with Gasteiger partial charge in [-0.15, -0.1) is 0 Å². The molecule has 2 rings (SSSR count). The summed E-state index contributed by atoms with van der Waals surface area (Å²) in [5.74, 6) is -1.31. The number of halogens is 4. The van der Waals surface area contributed by atoms with E-state index >= 15 is 0 Å². The van der Waals surface area contributed by atoms with Gasteiger partial charge in [-0.2, -0.15) is 13.2 Å². The topological polar surface area (TPSA) is 17.1 Å². The Morgan fingerprint density at radius 2 is 2.00 bits per heavy atom. The molecule has 1 nitrogen and oxygen atoms in total. The minimum absolute atomic E-state index is 0.360. The second kappa shape index (κ2) is 6.16. The lowest BCUT2D eigenvalue weighted by molar-refractivity contribution is -0.137. The molecule has 0 heterocycles. The van der Waals surface area contributed by atoms with Crippen LogP contribution in [0.5, 0.6) is 0 Å². The molecule has 0 saturated heterocycles. The van der Waals surface area contributed by atoms with Gasteiger partial charge in [0.05, 0.1) is 11.1 Å². The standard InChI is InChI=1S/C16H18F4O/c1-2-10-4-3-5-11(8-10)15(21)13-9-12(16(18,19)20)6-7-14(13)17/h6-7,9-11H,2-5,8H2,1H3. The van der Waals surface area contributed by atoms with Gasteiger partial charge >= 0.3 is 6.18 Å². The van der Waals surface area contributed by atoms with Crippen molar-refractivity contribution in [3.63, 3.8) is 0 Å². The molecular weight excluding hydrogens is 284 g/mol. The van der Waals surface area contributed by atoms with Crippen LogP contribution in [0.2, 0.25) is 0 Å². The lowest BCUT2D eigenvalue weighted by Gasteiger charge is -2.27. The fourth-order valence-electron chi connectivity index (χ4n) is 3.01. The molecule has 0 aromatic heterocycles. The maximum absolute atomic E-state index is 13.8. The van der Waals surface area contributed by atoms with Gasteiger partial charge in [-0.25, -0.2) is 4.39 Å². The molecule has 116 valence electrons. The molecule has 1 aliphatic carbocycles. The summed E-state index contributed by atoms with van der Waals surface area (Å²) in [6.45, 7) is 2.03. The first-order valence-electron chi connectivity index (χ1n) is 7.24. The lowest BCUT2D eigenvalue weighted by Crippen LogP contribution is -2.24. The molecular formula is C16H18F4O. The molecule has 2 unspecified atom stereocenters. The Balaban J connectivity index is 2.26. The van der Waals surface area contributed by atoms with Crippen molar-refractivity contribution in [1.82, 2.24) is 0 Å². The number of hydrogen-bond acceptors (Lipinski definition) is 1. The van der Waals surface area contributed by atoms with Crippen molar-refractivity contribution in [2.45, 2.75) is 45.2 Å². The molecule has 1 aromatic carbocycles. The van der Waals surface area contributed by atoms with Crippen molar-refractivity contribution < 1.29 is 22.4 Å². The summed E-state index contributed by atoms with van der Waals surface area (Å²) in [6, 6.07) is 2.05. The van der Waals surface area contributed by atoms with Gasteiger partial charge in [0.1, 0.15) is 5.82 Å². The van der Waals surface area contributed by atoms with Crippen LogP contribution in [0.1, 0.15) is 54.9 Å². The van der Waals surface area contributed by atoms with Crippen LogP contribution in [0.3, 0.4) is 0 Å². The minimum atomic E-state index is -4.57. The fraction of sp³-hybridized carbons (Fsp3) is 0.562. The van der Waals surface area contributed by atoms with Crippen molar-refractivity contribution in [2.75, 3.05) is 0 Å². The molecule has 1 saturated carbocycles. The second-order valence-electron chi connectivity index (χ2n) is 5.69. The van der Waals surface area contributed by atoms with Crippen LogP contribution >= 0.6 is 0 Å². The number of alkyl halides is 3. The van der Waals surface area contributed by atoms with E-state index in [0.29, 0.717) is 30.9 Å². The molecule has 0 N–H and O–H groups in total. The first kappa shape index (κ1) is 16.0. The average Bonchev–Trinajstić information content (AvgIpc) is 2.46. The molecule has 0 amide bonds. The van der Waals surface area contributed by atoms with E-state index in [-0.39, 0.29) is 5.92 Å². The van der Waals surface area contributed by atoms with E-state index < -0.39 is 28.9 Å². The summed E-state index contributed by atoms with van der Waals surface area (Å²) in [5, 5.41) is 0. The van der Waals surface area contributed by atoms with Gasteiger partial charge < -0.3 is 0 Å². The molecule has 1 fully saturated rings. The summed E-state index contributed by atoms with van der Waals surface area (Å²) in [7, 11) is 0. The zero-order valence-corrected chi connectivity index (χ0v) is 11.8. The molecule has 1 aromatic rings. The van der Waals surface area contributed by atoms with Gasteiger partial charge in [0.15, 0.2) is 5.78 Å². The lowest BCUT2D eigenvalue weighted by atomic mass is 9.77. The van der Waals surface area contributed by atoms with Crippen LogP contribution in [-0.2, 0) is 6.18 Å². The van der Waals surface area contributed by atoms with E-state index in [9.17, 15) is 22.4 Å². The van der Waals surface area contributed by atoms with Gasteiger partial charge in [0, 0.05) is 5.92 Å². The fourth-order valence-corrected chi connectivity index (χ4v) is 3.01. The van der Waals surface area contributed by atoms with Crippen molar-refractivity contribution >= 4 is 5.78 Å². The van der Waals surface area contributed by atoms with E-state index in [1.165, 1.54) is 0 Å². The molecule has 0 aliphatic heterocycles. The Labute approximate surface area is 121 Å². The smallest absolute Gasteiger partial charge is 0.294 e. The summed E-state index contributed by atoms with van der Waals surface area (Å²) in [5.41, 5.74) is -1.40. The first-order chi connectivity index (χ1) is 9.82. The van der Waals surface area contributed by atoms with Crippen LogP contribution in [-0.4, -0.2) is 5.78 Å². The quantitative estimate of drug-likeness (QED) is 0.551. The highest BCUT2D eigenvalue weighted by atomic mass is 19.4. The third-order valence-electron chi connectivity index (χ3n) is 4.29. The van der Waals surface area contributed by atoms with Gasteiger partial charge in [0.2, 0.25) is 0 Å². The zero-order valence-electron chi connectivity index (χ0n) is 11.8. The molecule has 0 spiro atoms. The van der Waals surface area contributed by atoms with E-state index in [1.54, 1.807) is 0 Å². The Morgan fingerprint density at radius 1 is 1.29 bits per heavy atom. The van der Waals surface area contributed by atoms with E-state index in [0.717, 1.165) is 25.3 Å². The summed E-state index contributed by atoms with van der Waals surface area (Å²) >= 11 is 0. The molecule has 1 aliphatic rings. The van der Waals surface area contributed by atoms with Crippen molar-refractivity contribution in [1.29, 1.82) is 0 Å². The van der Waals surface area contributed by atoms with E-state index in [1.807, 2.05) is 6.92 Å². The number of carbonyl (C=O) groups is 1. The average molecular weight is 302 g/mol. The number of ketones is 1. The minimum Gasteiger partial charge on any atom is -0.294 e. The maximum atomic E-state index is 13.8. The third-order valence-corrected chi connectivity index (χ3v) is 4.29. The van der Waals surface area contributed by atoms with E-state index in [2.05, 4.69) is 0 Å². The predicted octanol–water partition coefficient (Wildman–Crippen LogP) is 5.24. The molecule has 21 heavy (non-hydrogen) atoms. The van der Waals surface area contributed by atoms with Gasteiger partial charge in [-0.3, -0.25) is 4.79 Å². The number of benzene rings is 1. The highest BCUT2D eigenvalue weighted by Crippen LogP contribution is 2.35. The largest absolute Gasteiger partial charge is 0.416 e. The molecule has 5 heteroatoms. The monoisotopic (exact) mass is 302 g/mol. The number of carbonyl (C=O) groups excluding carboxylic acids is 1. The molecule has 0 bridgehead atoms. The van der Waals surface area contributed by atoms with E-state index in [4.69, 9.17) is 0 Å². The van der Waals surface area contributed by atoms with Crippen molar-refractivity contribution in [2.24, 2.45) is 11.8 Å². The first-order valence-corrected chi connectivity index (χ1v) is 7.24. The summed E-state index contributed by atoms with van der Waals surface area (Å²) in [6.07, 6.45) is -0.451. The Bertz CT molecular complexity index is 521. The highest BCUT2D eigenvalue weighted by molar-refractivity contribution is 5.98. The molecule has 2 atom stereocenters. The number of Topliss-reactive ketones (excluding diaryl/α,β-unsaturated/α-hetero) is 1. The normalized spacial score (nSPS) is 23.1. The zero-order chi connectivity index (χ0) is 15.6. The highest BCUT2D eigenvalue weighted by Gasteiger charge is 2.34. The van der Waals surface area contributed by atoms with Crippen molar-refractivity contribution in [3.8, 4) is 0 Å². The van der Waals surface area contributed by atoms with Crippen molar-refractivity contribution in [3.05, 3.63) is 35.1 Å². The molecule has 0 radical (unpaired) electrons. The Kier molecular flexibility index (Phi) is 4.69. The van der Waals surface area contributed by atoms with Crippen LogP contribution in [0.4, 0.5) is 17.6 Å². The summed E-state index contributed by atoms with van der Waals surface area (Å²) < 4.78 is 51.8. The summed E-state index contributed by atoms with van der Waals surface area (Å²) in [4.78, 5) is 12.4. The van der Waals surface area contributed by atoms with Crippen LogP contribution < -0.4 is 0 Å². The predicted molar refractivity (Wildman–Crippen MR) is 71.5 cm³/mol. The second-order valence-corrected chi connectivity index (χ2v) is 5.69. The van der Waals surface area contributed by atoms with Gasteiger partial charge in [-0.05, 0) is 37.0 Å².